The Morgan fingerprint density at radius 3 is 2.48 bits per heavy atom. The normalized spacial score (nSPS) is 15.4. The largest absolute Gasteiger partial charge is 0.354 e. The van der Waals surface area contributed by atoms with E-state index in [0.717, 1.165) is 61.9 Å². The number of rotatable bonds is 7. The summed E-state index contributed by atoms with van der Waals surface area (Å²) >= 11 is 0. The first-order valence-electron chi connectivity index (χ1n) is 9.87. The van der Waals surface area contributed by atoms with Gasteiger partial charge < -0.3 is 9.80 Å². The fourth-order valence-corrected chi connectivity index (χ4v) is 3.47. The quantitative estimate of drug-likeness (QED) is 0.705. The Morgan fingerprint density at radius 2 is 1.72 bits per heavy atom. The average molecular weight is 347 g/mol. The third-order valence-corrected chi connectivity index (χ3v) is 5.12. The second-order valence-electron chi connectivity index (χ2n) is 7.19. The lowest BCUT2D eigenvalue weighted by atomic mass is 10.1. The van der Waals surface area contributed by atoms with Crippen molar-refractivity contribution in [1.82, 2.24) is 14.9 Å². The maximum atomic E-state index is 12.5. The Bertz CT molecular complexity index is 573. The summed E-state index contributed by atoms with van der Waals surface area (Å²) in [5, 5.41) is 0. The molecule has 1 saturated heterocycles. The van der Waals surface area contributed by atoms with Crippen LogP contribution in [0.2, 0.25) is 0 Å². The van der Waals surface area contributed by atoms with E-state index in [4.69, 9.17) is 0 Å². The van der Waals surface area contributed by atoms with Crippen LogP contribution in [0, 0.1) is 20.8 Å². The average Bonchev–Trinajstić information content (AvgIpc) is 2.84. The summed E-state index contributed by atoms with van der Waals surface area (Å²) in [6.07, 6.45) is 7.70. The molecule has 0 N–H and O–H groups in total. The molecule has 140 valence electrons. The molecule has 0 saturated carbocycles. The van der Waals surface area contributed by atoms with Crippen LogP contribution in [0.25, 0.3) is 0 Å². The molecule has 1 amide bonds. The Balaban J connectivity index is 1.88. The molecular weight excluding hydrogens is 312 g/mol. The highest BCUT2D eigenvalue weighted by molar-refractivity contribution is 5.76. The Kier molecular flexibility index (Phi) is 7.66. The molecule has 25 heavy (non-hydrogen) atoms. The van der Waals surface area contributed by atoms with Crippen molar-refractivity contribution < 1.29 is 4.79 Å². The van der Waals surface area contributed by atoms with Gasteiger partial charge in [0.2, 0.25) is 5.91 Å². The van der Waals surface area contributed by atoms with Gasteiger partial charge in [0.1, 0.15) is 11.6 Å². The molecular formula is C20H34N4O. The van der Waals surface area contributed by atoms with Crippen LogP contribution in [-0.4, -0.2) is 47.0 Å². The number of amides is 1. The molecule has 5 nitrogen and oxygen atoms in total. The van der Waals surface area contributed by atoms with Gasteiger partial charge in [-0.25, -0.2) is 9.97 Å². The lowest BCUT2D eigenvalue weighted by molar-refractivity contribution is -0.131. The first-order chi connectivity index (χ1) is 12.0. The number of carbonyl (C=O) groups excluding carboxylic acids is 1. The molecule has 0 radical (unpaired) electrons. The molecule has 1 aromatic rings. The van der Waals surface area contributed by atoms with Gasteiger partial charge in [-0.05, 0) is 33.6 Å². The van der Waals surface area contributed by atoms with Gasteiger partial charge in [0.25, 0.3) is 0 Å². The lowest BCUT2D eigenvalue weighted by Gasteiger charge is -2.25. The minimum Gasteiger partial charge on any atom is -0.354 e. The Hall–Kier alpha value is -1.65. The molecule has 0 aromatic carbocycles. The van der Waals surface area contributed by atoms with Gasteiger partial charge in [-0.1, -0.05) is 32.6 Å². The molecule has 0 aliphatic carbocycles. The number of unbranched alkanes of at least 4 members (excludes halogenated alkanes) is 4. The van der Waals surface area contributed by atoms with E-state index in [1.54, 1.807) is 0 Å². The van der Waals surface area contributed by atoms with Gasteiger partial charge in [0.15, 0.2) is 0 Å². The summed E-state index contributed by atoms with van der Waals surface area (Å²) < 4.78 is 0. The number of anilines is 1. The molecule has 1 fully saturated rings. The van der Waals surface area contributed by atoms with E-state index in [-0.39, 0.29) is 0 Å². The molecule has 2 heterocycles. The predicted molar refractivity (Wildman–Crippen MR) is 103 cm³/mol. The Labute approximate surface area is 152 Å². The van der Waals surface area contributed by atoms with Crippen molar-refractivity contribution in [3.8, 4) is 0 Å². The summed E-state index contributed by atoms with van der Waals surface area (Å²) in [7, 11) is 0. The minimum atomic E-state index is 0.324. The van der Waals surface area contributed by atoms with E-state index >= 15 is 0 Å². The van der Waals surface area contributed by atoms with Crippen LogP contribution >= 0.6 is 0 Å². The molecule has 0 unspecified atom stereocenters. The highest BCUT2D eigenvalue weighted by atomic mass is 16.2. The molecule has 2 rings (SSSR count). The van der Waals surface area contributed by atoms with Crippen molar-refractivity contribution in [2.24, 2.45) is 0 Å². The second kappa shape index (κ2) is 9.73. The molecule has 0 spiro atoms. The third kappa shape index (κ3) is 5.68. The van der Waals surface area contributed by atoms with E-state index in [1.165, 1.54) is 25.7 Å². The lowest BCUT2D eigenvalue weighted by Crippen LogP contribution is -2.35. The van der Waals surface area contributed by atoms with Crippen LogP contribution in [0.1, 0.15) is 69.0 Å². The first-order valence-corrected chi connectivity index (χ1v) is 9.87. The second-order valence-corrected chi connectivity index (χ2v) is 7.19. The third-order valence-electron chi connectivity index (χ3n) is 5.12. The summed E-state index contributed by atoms with van der Waals surface area (Å²) in [6.45, 7) is 11.8. The molecule has 1 aliphatic rings. The number of nitrogens with zero attached hydrogens (tertiary/aromatic N) is 4. The van der Waals surface area contributed by atoms with Gasteiger partial charge in [0.05, 0.1) is 0 Å². The SMILES string of the molecule is CCCCCCCC(=O)N1CCCN(c2nc(C)nc(C)c2C)CC1. The molecule has 5 heteroatoms. The van der Waals surface area contributed by atoms with Crippen LogP contribution in [0.15, 0.2) is 0 Å². The molecule has 1 aliphatic heterocycles. The van der Waals surface area contributed by atoms with Gasteiger partial charge in [-0.3, -0.25) is 4.79 Å². The zero-order chi connectivity index (χ0) is 18.2. The number of aromatic nitrogens is 2. The van der Waals surface area contributed by atoms with E-state index in [0.29, 0.717) is 12.3 Å². The van der Waals surface area contributed by atoms with Crippen molar-refractivity contribution in [2.75, 3.05) is 31.1 Å². The minimum absolute atomic E-state index is 0.324. The van der Waals surface area contributed by atoms with Crippen LogP contribution in [-0.2, 0) is 4.79 Å². The molecule has 1 aromatic heterocycles. The van der Waals surface area contributed by atoms with Crippen LogP contribution < -0.4 is 4.90 Å². The van der Waals surface area contributed by atoms with Crippen molar-refractivity contribution in [3.05, 3.63) is 17.1 Å². The number of carbonyl (C=O) groups is 1. The van der Waals surface area contributed by atoms with Gasteiger partial charge in [-0.15, -0.1) is 0 Å². The van der Waals surface area contributed by atoms with Crippen LogP contribution in [0.4, 0.5) is 5.82 Å². The first kappa shape index (κ1) is 19.7. The van der Waals surface area contributed by atoms with E-state index < -0.39 is 0 Å². The maximum absolute atomic E-state index is 12.5. The fourth-order valence-electron chi connectivity index (χ4n) is 3.47. The van der Waals surface area contributed by atoms with Gasteiger partial charge in [-0.2, -0.15) is 0 Å². The monoisotopic (exact) mass is 346 g/mol. The molecule has 0 atom stereocenters. The maximum Gasteiger partial charge on any atom is 0.222 e. The zero-order valence-electron chi connectivity index (χ0n) is 16.5. The number of aryl methyl sites for hydroxylation is 2. The number of hydrogen-bond donors (Lipinski definition) is 0. The summed E-state index contributed by atoms with van der Waals surface area (Å²) in [6, 6.07) is 0. The topological polar surface area (TPSA) is 49.3 Å². The highest BCUT2D eigenvalue weighted by Gasteiger charge is 2.21. The standard InChI is InChI=1S/C20H34N4O/c1-5-6-7-8-9-11-19(25)23-12-10-13-24(15-14-23)20-16(2)17(3)21-18(4)22-20/h5-15H2,1-4H3. The predicted octanol–water partition coefficient (Wildman–Crippen LogP) is 3.80. The molecule has 0 bridgehead atoms. The van der Waals surface area contributed by atoms with Crippen LogP contribution in [0.3, 0.4) is 0 Å². The fraction of sp³-hybridized carbons (Fsp3) is 0.750. The van der Waals surface area contributed by atoms with Crippen molar-refractivity contribution in [2.45, 2.75) is 72.6 Å². The van der Waals surface area contributed by atoms with Crippen molar-refractivity contribution in [3.63, 3.8) is 0 Å². The van der Waals surface area contributed by atoms with Gasteiger partial charge in [0, 0.05) is 43.9 Å². The van der Waals surface area contributed by atoms with Crippen LogP contribution in [0.5, 0.6) is 0 Å². The summed E-state index contributed by atoms with van der Waals surface area (Å²) in [5.41, 5.74) is 2.20. The van der Waals surface area contributed by atoms with Crippen molar-refractivity contribution >= 4 is 11.7 Å². The van der Waals surface area contributed by atoms with E-state index in [2.05, 4.69) is 33.6 Å². The van der Waals surface area contributed by atoms with E-state index in [9.17, 15) is 4.79 Å². The summed E-state index contributed by atoms with van der Waals surface area (Å²) in [5.74, 6) is 2.19. The Morgan fingerprint density at radius 1 is 0.960 bits per heavy atom. The number of hydrogen-bond acceptors (Lipinski definition) is 4. The zero-order valence-corrected chi connectivity index (χ0v) is 16.5. The van der Waals surface area contributed by atoms with Gasteiger partial charge >= 0.3 is 0 Å². The smallest absolute Gasteiger partial charge is 0.222 e. The van der Waals surface area contributed by atoms with E-state index in [1.807, 2.05) is 13.8 Å². The highest BCUT2D eigenvalue weighted by Crippen LogP contribution is 2.21. The summed E-state index contributed by atoms with van der Waals surface area (Å²) in [4.78, 5) is 26.0. The van der Waals surface area contributed by atoms with Crippen molar-refractivity contribution in [1.29, 1.82) is 0 Å².